The van der Waals surface area contributed by atoms with Crippen LogP contribution in [0.5, 0.6) is 12.0 Å². The summed E-state index contributed by atoms with van der Waals surface area (Å²) in [5.41, 5.74) is 9.04. The highest BCUT2D eigenvalue weighted by atomic mass is 32.1. The molecule has 16 heteroatoms. The summed E-state index contributed by atoms with van der Waals surface area (Å²) in [4.78, 5) is 34.3. The number of rotatable bonds is 16. The lowest BCUT2D eigenvalue weighted by Gasteiger charge is -2.34. The van der Waals surface area contributed by atoms with Gasteiger partial charge in [0, 0.05) is 84.4 Å². The first-order chi connectivity index (χ1) is 36.0. The molecule has 11 rings (SSSR count). The van der Waals surface area contributed by atoms with Crippen LogP contribution in [0.1, 0.15) is 61.1 Å². The van der Waals surface area contributed by atoms with Crippen LogP contribution in [-0.2, 0) is 32.8 Å². The second kappa shape index (κ2) is 24.3. The highest BCUT2D eigenvalue weighted by molar-refractivity contribution is 7.19. The van der Waals surface area contributed by atoms with Gasteiger partial charge < -0.3 is 14.8 Å². The van der Waals surface area contributed by atoms with Crippen LogP contribution in [0, 0.1) is 22.7 Å². The predicted molar refractivity (Wildman–Crippen MR) is 285 cm³/mol. The number of nitrogens with one attached hydrogen (secondary N) is 1. The highest BCUT2D eigenvalue weighted by Gasteiger charge is 2.23. The van der Waals surface area contributed by atoms with Gasteiger partial charge in [-0.3, -0.25) is 14.7 Å². The average molecular weight is 1000 g/mol. The topological polar surface area (TPSA) is 165 Å². The third-order valence-corrected chi connectivity index (χ3v) is 15.0. The van der Waals surface area contributed by atoms with Crippen LogP contribution in [0.25, 0.3) is 20.4 Å². The Labute approximate surface area is 433 Å². The van der Waals surface area contributed by atoms with E-state index in [0.717, 1.165) is 114 Å². The minimum absolute atomic E-state index is 0.260. The third kappa shape index (κ3) is 13.1. The Morgan fingerprint density at radius 2 is 0.863 bits per heavy atom. The van der Waals surface area contributed by atoms with Gasteiger partial charge in [-0.05, 0) is 64.2 Å². The van der Waals surface area contributed by atoms with Crippen molar-refractivity contribution in [3.8, 4) is 24.2 Å². The fourth-order valence-electron chi connectivity index (χ4n) is 8.80. The quantitative estimate of drug-likeness (QED) is 0.0973. The summed E-state index contributed by atoms with van der Waals surface area (Å²) in [6, 6.07) is 52.2. The fraction of sp³-hybridized carbons (Fsp3) is 0.263. The Kier molecular flexibility index (Phi) is 16.3. The van der Waals surface area contributed by atoms with Gasteiger partial charge in [0.25, 0.3) is 0 Å². The number of aromatic nitrogens is 6. The van der Waals surface area contributed by atoms with Gasteiger partial charge in [-0.2, -0.15) is 20.5 Å². The summed E-state index contributed by atoms with van der Waals surface area (Å²) in [5, 5.41) is 24.5. The van der Waals surface area contributed by atoms with Gasteiger partial charge in [0.1, 0.15) is 35.1 Å². The molecule has 6 heterocycles. The van der Waals surface area contributed by atoms with Crippen LogP contribution < -0.4 is 14.8 Å². The molecular formula is C57H54N12O2S2. The lowest BCUT2D eigenvalue weighted by atomic mass is 10.1. The second-order valence-electron chi connectivity index (χ2n) is 18.0. The third-order valence-electron chi connectivity index (χ3n) is 12.8. The number of benzene rings is 5. The molecule has 0 saturated carbocycles. The summed E-state index contributed by atoms with van der Waals surface area (Å²) in [5.74, 6) is -1.13. The van der Waals surface area contributed by atoms with Crippen molar-refractivity contribution < 1.29 is 9.47 Å². The van der Waals surface area contributed by atoms with Crippen molar-refractivity contribution in [1.82, 2.24) is 49.9 Å². The Bertz CT molecular complexity index is 3220. The summed E-state index contributed by atoms with van der Waals surface area (Å²) in [7, 11) is 0. The molecule has 2 atom stereocenters. The molecule has 2 aliphatic rings. The summed E-state index contributed by atoms with van der Waals surface area (Å²) in [6.07, 6.45) is 3.27. The predicted octanol–water partition coefficient (Wildman–Crippen LogP) is 9.36. The van der Waals surface area contributed by atoms with Crippen molar-refractivity contribution >= 4 is 43.1 Å². The van der Waals surface area contributed by atoms with Crippen LogP contribution in [0.3, 0.4) is 0 Å². The van der Waals surface area contributed by atoms with Crippen molar-refractivity contribution in [3.63, 3.8) is 0 Å². The molecule has 4 aromatic heterocycles. The molecule has 14 nitrogen and oxygen atoms in total. The van der Waals surface area contributed by atoms with Crippen molar-refractivity contribution in [2.24, 2.45) is 0 Å². The molecule has 73 heavy (non-hydrogen) atoms. The van der Waals surface area contributed by atoms with Crippen molar-refractivity contribution in [1.29, 1.82) is 10.5 Å². The Balaban J connectivity index is 0.000000171. The maximum Gasteiger partial charge on any atom is 0.316 e. The zero-order valence-electron chi connectivity index (χ0n) is 40.3. The largest absolute Gasteiger partial charge is 0.459 e. The number of para-hydroxylation sites is 2. The number of piperazine rings is 2. The number of nitriles is 2. The second-order valence-corrected chi connectivity index (χ2v) is 20.1. The monoisotopic (exact) mass is 1000 g/mol. The van der Waals surface area contributed by atoms with E-state index in [4.69, 9.17) is 9.47 Å². The minimum Gasteiger partial charge on any atom is -0.459 e. The maximum atomic E-state index is 9.88. The van der Waals surface area contributed by atoms with Crippen molar-refractivity contribution in [2.45, 2.75) is 44.7 Å². The smallest absolute Gasteiger partial charge is 0.316 e. The molecule has 2 aliphatic heterocycles. The van der Waals surface area contributed by atoms with Crippen LogP contribution >= 0.6 is 22.7 Å². The number of ether oxygens (including phenoxy) is 2. The number of thiazole rings is 2. The van der Waals surface area contributed by atoms with Gasteiger partial charge in [0.05, 0.1) is 44.0 Å². The average Bonchev–Trinajstić information content (AvgIpc) is 4.07. The first-order valence-corrected chi connectivity index (χ1v) is 26.1. The molecule has 9 aromatic rings. The van der Waals surface area contributed by atoms with E-state index in [1.54, 1.807) is 24.5 Å². The minimum atomic E-state index is -0.567. The van der Waals surface area contributed by atoms with E-state index in [1.165, 1.54) is 39.4 Å². The number of hydrogen-bond donors (Lipinski definition) is 1. The van der Waals surface area contributed by atoms with E-state index in [-0.39, 0.29) is 12.0 Å². The molecule has 0 spiro atoms. The van der Waals surface area contributed by atoms with Gasteiger partial charge in [-0.15, -0.1) is 22.7 Å². The van der Waals surface area contributed by atoms with Gasteiger partial charge in [-0.25, -0.2) is 19.9 Å². The van der Waals surface area contributed by atoms with E-state index < -0.39 is 11.8 Å². The molecule has 2 fully saturated rings. The van der Waals surface area contributed by atoms with E-state index in [9.17, 15) is 10.5 Å². The molecule has 0 bridgehead atoms. The van der Waals surface area contributed by atoms with E-state index in [2.05, 4.69) is 141 Å². The van der Waals surface area contributed by atoms with Crippen LogP contribution in [0.2, 0.25) is 0 Å². The van der Waals surface area contributed by atoms with Crippen molar-refractivity contribution in [3.05, 3.63) is 201 Å². The van der Waals surface area contributed by atoms with Crippen molar-refractivity contribution in [2.75, 3.05) is 52.4 Å². The zero-order chi connectivity index (χ0) is 49.6. The summed E-state index contributed by atoms with van der Waals surface area (Å²) >= 11 is 3.03. The van der Waals surface area contributed by atoms with E-state index in [0.29, 0.717) is 24.6 Å². The lowest BCUT2D eigenvalue weighted by molar-refractivity contribution is 0.122. The molecule has 0 radical (unpaired) electrons. The van der Waals surface area contributed by atoms with Gasteiger partial charge in [-0.1, -0.05) is 103 Å². The van der Waals surface area contributed by atoms with Gasteiger partial charge in [0.2, 0.25) is 0 Å². The fourth-order valence-corrected chi connectivity index (χ4v) is 10.9. The normalized spacial score (nSPS) is 15.2. The molecule has 366 valence electrons. The van der Waals surface area contributed by atoms with Crippen LogP contribution in [0.15, 0.2) is 152 Å². The number of hydrogen-bond acceptors (Lipinski definition) is 16. The Morgan fingerprint density at radius 3 is 1.30 bits per heavy atom. The summed E-state index contributed by atoms with van der Waals surface area (Å²) in [6.45, 7) is 12.3. The Morgan fingerprint density at radius 1 is 0.466 bits per heavy atom. The van der Waals surface area contributed by atoms with Crippen LogP contribution in [0.4, 0.5) is 0 Å². The molecule has 2 unspecified atom stereocenters. The first-order valence-electron chi connectivity index (χ1n) is 24.5. The highest BCUT2D eigenvalue weighted by Crippen LogP contribution is 2.32. The first kappa shape index (κ1) is 49.1. The molecule has 0 aliphatic carbocycles. The number of fused-ring (bicyclic) bond motifs is 2. The van der Waals surface area contributed by atoms with Crippen LogP contribution in [-0.4, -0.2) is 97.0 Å². The van der Waals surface area contributed by atoms with Gasteiger partial charge >= 0.3 is 12.0 Å². The maximum absolute atomic E-state index is 9.88. The molecular weight excluding hydrogens is 949 g/mol. The molecule has 0 amide bonds. The molecule has 2 saturated heterocycles. The standard InChI is InChI=1S/C32H30N6OS.C25H24N6OS/c33-20-27(31-35-29-8-4-5-9-30(29)40-31)28-14-15-34-32(36-28)39-23-26-12-10-25(11-13-26)22-38-18-16-37(17-19-38)21-24-6-2-1-3-7-24;26-15-20(24-29-22-3-1-2-4-23(22)33-24)21-9-10-28-25(30-21)32-17-19-7-5-18(6-8-19)16-31-13-11-27-12-14-31/h1-15,27H,16-19,21-23H2;1-10,20,27H,11-14,16-17H2. The number of nitrogens with zero attached hydrogens (tertiary/aromatic N) is 11. The SMILES string of the molecule is N#CC(c1ccnc(OCc2ccc(CN3CCN(Cc4ccccc4)CC3)cc2)n1)c1nc2ccccc2s1.N#CC(c1ccnc(OCc2ccc(CN3CCNCC3)cc2)n1)c1nc2ccccc2s1. The van der Waals surface area contributed by atoms with E-state index >= 15 is 0 Å². The van der Waals surface area contributed by atoms with E-state index in [1.807, 2.05) is 48.5 Å². The summed E-state index contributed by atoms with van der Waals surface area (Å²) < 4.78 is 13.9. The molecule has 1 N–H and O–H groups in total. The lowest BCUT2D eigenvalue weighted by Crippen LogP contribution is -2.45. The van der Waals surface area contributed by atoms with Gasteiger partial charge in [0.15, 0.2) is 0 Å². The molecule has 5 aromatic carbocycles. The Hall–Kier alpha value is -7.54. The zero-order valence-corrected chi connectivity index (χ0v) is 42.0.